The summed E-state index contributed by atoms with van der Waals surface area (Å²) in [6, 6.07) is 14.0. The topological polar surface area (TPSA) is 20.3 Å². The second kappa shape index (κ2) is 8.30. The van der Waals surface area contributed by atoms with Crippen LogP contribution < -0.4 is 0 Å². The van der Waals surface area contributed by atoms with Crippen molar-refractivity contribution in [2.24, 2.45) is 0 Å². The van der Waals surface area contributed by atoms with Gasteiger partial charge in [-0.1, -0.05) is 42.3 Å². The highest BCUT2D eigenvalue weighted by Gasteiger charge is 2.22. The lowest BCUT2D eigenvalue weighted by Crippen LogP contribution is -2.32. The molecule has 0 spiro atoms. The van der Waals surface area contributed by atoms with Gasteiger partial charge in [-0.25, -0.2) is 4.39 Å². The van der Waals surface area contributed by atoms with Crippen molar-refractivity contribution in [2.75, 3.05) is 13.1 Å². The zero-order valence-corrected chi connectivity index (χ0v) is 14.8. The molecule has 2 nitrogen and oxygen atoms in total. The van der Waals surface area contributed by atoms with Gasteiger partial charge in [-0.3, -0.25) is 4.79 Å². The summed E-state index contributed by atoms with van der Waals surface area (Å²) in [5.74, 6) is 0.0520. The number of carbonyl (C=O) groups excluding carboxylic acids is 1. The van der Waals surface area contributed by atoms with E-state index < -0.39 is 0 Å². The van der Waals surface area contributed by atoms with Crippen LogP contribution in [0.15, 0.2) is 54.6 Å². The summed E-state index contributed by atoms with van der Waals surface area (Å²) in [5.41, 5.74) is 2.05. The first kappa shape index (κ1) is 17.7. The molecule has 1 heterocycles. The molecule has 1 atom stereocenters. The molecule has 0 aliphatic carbocycles. The van der Waals surface area contributed by atoms with Crippen LogP contribution in [0.3, 0.4) is 0 Å². The van der Waals surface area contributed by atoms with Crippen LogP contribution in [0.5, 0.6) is 0 Å². The molecule has 130 valence electrons. The molecule has 2 aromatic carbocycles. The van der Waals surface area contributed by atoms with Crippen LogP contribution in [-0.2, 0) is 4.79 Å². The number of amides is 1. The highest BCUT2D eigenvalue weighted by atomic mass is 35.5. The molecule has 1 fully saturated rings. The number of halogens is 2. The summed E-state index contributed by atoms with van der Waals surface area (Å²) in [6.45, 7) is 1.44. The van der Waals surface area contributed by atoms with Crippen LogP contribution in [0.4, 0.5) is 4.39 Å². The highest BCUT2D eigenvalue weighted by molar-refractivity contribution is 6.30. The predicted molar refractivity (Wildman–Crippen MR) is 100 cm³/mol. The van der Waals surface area contributed by atoms with E-state index in [1.54, 1.807) is 6.08 Å². The van der Waals surface area contributed by atoms with Crippen molar-refractivity contribution < 1.29 is 9.18 Å². The maximum Gasteiger partial charge on any atom is 0.246 e. The summed E-state index contributed by atoms with van der Waals surface area (Å²) in [6.07, 6.45) is 6.54. The predicted octanol–water partition coefficient (Wildman–Crippen LogP) is 5.29. The first-order valence-electron chi connectivity index (χ1n) is 8.60. The molecule has 25 heavy (non-hydrogen) atoms. The fourth-order valence-corrected chi connectivity index (χ4v) is 3.32. The Morgan fingerprint density at radius 3 is 2.52 bits per heavy atom. The number of nitrogens with zero attached hydrogens (tertiary/aromatic N) is 1. The Bertz CT molecular complexity index is 739. The molecular formula is C21H21ClFNO. The van der Waals surface area contributed by atoms with Gasteiger partial charge in [0, 0.05) is 30.1 Å². The lowest BCUT2D eigenvalue weighted by molar-refractivity contribution is -0.126. The van der Waals surface area contributed by atoms with Crippen molar-refractivity contribution in [1.29, 1.82) is 0 Å². The van der Waals surface area contributed by atoms with Crippen molar-refractivity contribution in [3.8, 4) is 0 Å². The third-order valence-electron chi connectivity index (χ3n) is 4.61. The molecule has 0 N–H and O–H groups in total. The standard InChI is InChI=1S/C21H21ClFNO/c22-19-9-4-16(5-10-19)6-13-21(25)24-14-2-1-3-18(15-24)17-7-11-20(23)12-8-17/h4-13,18H,1-3,14-15H2/b13-6+. The number of hydrogen-bond donors (Lipinski definition) is 0. The zero-order chi connectivity index (χ0) is 17.6. The molecule has 0 radical (unpaired) electrons. The Labute approximate surface area is 152 Å². The van der Waals surface area contributed by atoms with E-state index in [1.807, 2.05) is 47.4 Å². The first-order chi connectivity index (χ1) is 12.1. The Balaban J connectivity index is 1.68. The van der Waals surface area contributed by atoms with Crippen LogP contribution in [0.25, 0.3) is 6.08 Å². The van der Waals surface area contributed by atoms with Crippen LogP contribution in [0.2, 0.25) is 5.02 Å². The molecule has 0 aromatic heterocycles. The summed E-state index contributed by atoms with van der Waals surface area (Å²) < 4.78 is 13.1. The van der Waals surface area contributed by atoms with E-state index in [0.29, 0.717) is 11.6 Å². The van der Waals surface area contributed by atoms with Gasteiger partial charge in [-0.05, 0) is 54.3 Å². The molecular weight excluding hydrogens is 337 g/mol. The summed E-state index contributed by atoms with van der Waals surface area (Å²) >= 11 is 5.88. The molecule has 0 saturated carbocycles. The second-order valence-corrected chi connectivity index (χ2v) is 6.85. The van der Waals surface area contributed by atoms with Gasteiger partial charge >= 0.3 is 0 Å². The minimum Gasteiger partial charge on any atom is -0.339 e. The molecule has 1 aliphatic heterocycles. The van der Waals surface area contributed by atoms with Crippen LogP contribution >= 0.6 is 11.6 Å². The van der Waals surface area contributed by atoms with E-state index in [2.05, 4.69) is 0 Å². The SMILES string of the molecule is O=C(/C=C/c1ccc(Cl)cc1)N1CCCCC(c2ccc(F)cc2)C1. The van der Waals surface area contributed by atoms with E-state index >= 15 is 0 Å². The van der Waals surface area contributed by atoms with E-state index in [9.17, 15) is 9.18 Å². The average molecular weight is 358 g/mol. The fourth-order valence-electron chi connectivity index (χ4n) is 3.20. The number of likely N-dealkylation sites (tertiary alicyclic amines) is 1. The van der Waals surface area contributed by atoms with Gasteiger partial charge in [0.1, 0.15) is 5.82 Å². The van der Waals surface area contributed by atoms with E-state index in [1.165, 1.54) is 12.1 Å². The fraction of sp³-hybridized carbons (Fsp3) is 0.286. The lowest BCUT2D eigenvalue weighted by atomic mass is 9.94. The summed E-state index contributed by atoms with van der Waals surface area (Å²) in [4.78, 5) is 14.5. The van der Waals surface area contributed by atoms with Gasteiger partial charge in [0.15, 0.2) is 0 Å². The molecule has 0 bridgehead atoms. The Morgan fingerprint density at radius 2 is 1.80 bits per heavy atom. The molecule has 4 heteroatoms. The van der Waals surface area contributed by atoms with Crippen molar-refractivity contribution in [3.05, 3.63) is 76.6 Å². The molecule has 2 aromatic rings. The Hall–Kier alpha value is -2.13. The first-order valence-corrected chi connectivity index (χ1v) is 8.97. The minimum atomic E-state index is -0.226. The van der Waals surface area contributed by atoms with Gasteiger partial charge in [-0.15, -0.1) is 0 Å². The highest BCUT2D eigenvalue weighted by Crippen LogP contribution is 2.27. The summed E-state index contributed by atoms with van der Waals surface area (Å²) in [7, 11) is 0. The molecule has 1 aliphatic rings. The average Bonchev–Trinajstić information content (AvgIpc) is 2.88. The van der Waals surface area contributed by atoms with Gasteiger partial charge < -0.3 is 4.90 Å². The van der Waals surface area contributed by atoms with Crippen molar-refractivity contribution in [3.63, 3.8) is 0 Å². The van der Waals surface area contributed by atoms with Crippen molar-refractivity contribution >= 4 is 23.6 Å². The van der Waals surface area contributed by atoms with Crippen LogP contribution in [0.1, 0.15) is 36.3 Å². The zero-order valence-electron chi connectivity index (χ0n) is 14.0. The third-order valence-corrected chi connectivity index (χ3v) is 4.86. The Morgan fingerprint density at radius 1 is 1.08 bits per heavy atom. The van der Waals surface area contributed by atoms with E-state index in [4.69, 9.17) is 11.6 Å². The minimum absolute atomic E-state index is 0.0176. The van der Waals surface area contributed by atoms with Gasteiger partial charge in [0.05, 0.1) is 0 Å². The maximum absolute atomic E-state index is 13.1. The lowest BCUT2D eigenvalue weighted by Gasteiger charge is -2.23. The quantitative estimate of drug-likeness (QED) is 0.683. The van der Waals surface area contributed by atoms with Gasteiger partial charge in [-0.2, -0.15) is 0 Å². The number of carbonyl (C=O) groups is 1. The number of hydrogen-bond acceptors (Lipinski definition) is 1. The monoisotopic (exact) mass is 357 g/mol. The second-order valence-electron chi connectivity index (χ2n) is 6.41. The third kappa shape index (κ3) is 4.93. The Kier molecular flexibility index (Phi) is 5.87. The molecule has 1 unspecified atom stereocenters. The molecule has 1 amide bonds. The largest absolute Gasteiger partial charge is 0.339 e. The normalized spacial score (nSPS) is 18.3. The van der Waals surface area contributed by atoms with E-state index in [-0.39, 0.29) is 17.6 Å². The smallest absolute Gasteiger partial charge is 0.246 e. The molecule has 3 rings (SSSR count). The summed E-state index contributed by atoms with van der Waals surface area (Å²) in [5, 5.41) is 0.679. The van der Waals surface area contributed by atoms with Crippen molar-refractivity contribution in [1.82, 2.24) is 4.90 Å². The van der Waals surface area contributed by atoms with Crippen LogP contribution in [0, 0.1) is 5.82 Å². The van der Waals surface area contributed by atoms with Gasteiger partial charge in [0.25, 0.3) is 0 Å². The number of rotatable bonds is 3. The number of benzene rings is 2. The maximum atomic E-state index is 13.1. The van der Waals surface area contributed by atoms with E-state index in [0.717, 1.165) is 36.9 Å². The van der Waals surface area contributed by atoms with Gasteiger partial charge in [0.2, 0.25) is 5.91 Å². The van der Waals surface area contributed by atoms with Crippen LogP contribution in [-0.4, -0.2) is 23.9 Å². The van der Waals surface area contributed by atoms with Crippen molar-refractivity contribution in [2.45, 2.75) is 25.2 Å². The molecule has 1 saturated heterocycles.